The number of nitrogens with zero attached hydrogens (tertiary/aromatic N) is 1. The van der Waals surface area contributed by atoms with Gasteiger partial charge in [-0.1, -0.05) is 48.1 Å². The van der Waals surface area contributed by atoms with Crippen LogP contribution in [0.25, 0.3) is 16.7 Å². The van der Waals surface area contributed by atoms with Crippen molar-refractivity contribution in [1.82, 2.24) is 0 Å². The van der Waals surface area contributed by atoms with Crippen molar-refractivity contribution >= 4 is 17.5 Å². The van der Waals surface area contributed by atoms with Crippen molar-refractivity contribution < 1.29 is 0 Å². The molecule has 2 nitrogen and oxygen atoms in total. The van der Waals surface area contributed by atoms with E-state index in [2.05, 4.69) is 62.3 Å². The molecule has 2 heteroatoms. The largest absolute Gasteiger partial charge is 0.378 e. The molecule has 0 aromatic heterocycles. The summed E-state index contributed by atoms with van der Waals surface area (Å²) < 4.78 is 0. The van der Waals surface area contributed by atoms with Gasteiger partial charge in [-0.05, 0) is 53.3 Å². The summed E-state index contributed by atoms with van der Waals surface area (Å²) in [5.74, 6) is 0. The number of benzene rings is 2. The molecule has 0 bridgehead atoms. The number of nitrogens with one attached hydrogen (secondary N) is 1. The molecule has 0 saturated heterocycles. The molecular formula is C21H22N2. The summed E-state index contributed by atoms with van der Waals surface area (Å²) >= 11 is 0. The van der Waals surface area contributed by atoms with Crippen molar-refractivity contribution in [3.05, 3.63) is 71.3 Å². The summed E-state index contributed by atoms with van der Waals surface area (Å²) in [6.45, 7) is 2.15. The number of allylic oxidation sites excluding steroid dienone is 4. The van der Waals surface area contributed by atoms with Gasteiger partial charge in [0.15, 0.2) is 0 Å². The smallest absolute Gasteiger partial charge is 0.0367 e. The van der Waals surface area contributed by atoms with Gasteiger partial charge in [-0.3, -0.25) is 0 Å². The lowest BCUT2D eigenvalue weighted by Crippen LogP contribution is -2.09. The number of hydrogen-bond acceptors (Lipinski definition) is 2. The maximum atomic E-state index is 7.72. The second-order valence-corrected chi connectivity index (χ2v) is 6.18. The fourth-order valence-electron chi connectivity index (χ4n) is 3.03. The summed E-state index contributed by atoms with van der Waals surface area (Å²) in [5.41, 5.74) is 8.37. The minimum atomic E-state index is 0.952. The van der Waals surface area contributed by atoms with Crippen molar-refractivity contribution in [1.29, 1.82) is 5.41 Å². The Balaban J connectivity index is 2.21. The van der Waals surface area contributed by atoms with E-state index < -0.39 is 0 Å². The number of hydrogen-bond donors (Lipinski definition) is 1. The van der Waals surface area contributed by atoms with Crippen LogP contribution >= 0.6 is 0 Å². The first-order valence-electron chi connectivity index (χ1n) is 7.89. The van der Waals surface area contributed by atoms with Crippen LogP contribution < -0.4 is 4.90 Å². The minimum absolute atomic E-state index is 0.952. The van der Waals surface area contributed by atoms with Gasteiger partial charge in [0.2, 0.25) is 0 Å². The van der Waals surface area contributed by atoms with Gasteiger partial charge < -0.3 is 10.3 Å². The lowest BCUT2D eigenvalue weighted by atomic mass is 9.91. The predicted molar refractivity (Wildman–Crippen MR) is 100 cm³/mol. The second kappa shape index (κ2) is 6.25. The Hall–Kier alpha value is -2.61. The molecule has 0 saturated carbocycles. The van der Waals surface area contributed by atoms with E-state index in [1.165, 1.54) is 34.2 Å². The maximum Gasteiger partial charge on any atom is 0.0367 e. The van der Waals surface area contributed by atoms with E-state index in [0.717, 1.165) is 17.5 Å². The molecular weight excluding hydrogens is 280 g/mol. The van der Waals surface area contributed by atoms with Crippen LogP contribution in [0.5, 0.6) is 0 Å². The molecule has 1 aliphatic carbocycles. The fourth-order valence-corrected chi connectivity index (χ4v) is 3.03. The van der Waals surface area contributed by atoms with E-state index in [1.54, 1.807) is 0 Å². The van der Waals surface area contributed by atoms with Crippen LogP contribution in [0.3, 0.4) is 0 Å². The zero-order chi connectivity index (χ0) is 16.4. The lowest BCUT2D eigenvalue weighted by Gasteiger charge is -2.18. The van der Waals surface area contributed by atoms with Crippen molar-refractivity contribution in [2.75, 3.05) is 19.0 Å². The molecule has 0 unspecified atom stereocenters. The maximum absolute atomic E-state index is 7.72. The molecule has 23 heavy (non-hydrogen) atoms. The molecule has 0 atom stereocenters. The first-order valence-corrected chi connectivity index (χ1v) is 7.89. The summed E-state index contributed by atoms with van der Waals surface area (Å²) in [7, 11) is 4.11. The van der Waals surface area contributed by atoms with E-state index in [0.29, 0.717) is 0 Å². The Bertz CT molecular complexity index is 810. The van der Waals surface area contributed by atoms with Crippen LogP contribution in [-0.4, -0.2) is 20.3 Å². The van der Waals surface area contributed by atoms with Gasteiger partial charge in [0.1, 0.15) is 0 Å². The van der Waals surface area contributed by atoms with Crippen LogP contribution in [0.15, 0.2) is 60.2 Å². The van der Waals surface area contributed by atoms with E-state index in [-0.39, 0.29) is 0 Å². The van der Waals surface area contributed by atoms with E-state index in [9.17, 15) is 0 Å². The zero-order valence-electron chi connectivity index (χ0n) is 13.9. The molecule has 0 aliphatic heterocycles. The molecule has 0 spiro atoms. The normalized spacial score (nSPS) is 13.5. The van der Waals surface area contributed by atoms with Gasteiger partial charge in [0, 0.05) is 26.0 Å². The number of anilines is 1. The molecule has 0 fully saturated rings. The third-order valence-electron chi connectivity index (χ3n) is 4.32. The Morgan fingerprint density at radius 2 is 1.78 bits per heavy atom. The van der Waals surface area contributed by atoms with Gasteiger partial charge in [-0.2, -0.15) is 0 Å². The molecule has 0 amide bonds. The molecule has 1 N–H and O–H groups in total. The second-order valence-electron chi connectivity index (χ2n) is 6.18. The standard InChI is InChI=1S/C21H22N2/c1-15-8-9-16(12-15)20-11-10-18(23(2)3)13-21(20)19-7-5-4-6-17(19)14-22/h4-8,10-14,22H,9H2,1-3H3. The molecule has 2 aromatic carbocycles. The summed E-state index contributed by atoms with van der Waals surface area (Å²) in [5, 5.41) is 7.72. The van der Waals surface area contributed by atoms with Crippen molar-refractivity contribution in [2.24, 2.45) is 0 Å². The van der Waals surface area contributed by atoms with Crippen LogP contribution in [0.4, 0.5) is 5.69 Å². The third kappa shape index (κ3) is 2.98. The molecule has 0 heterocycles. The highest BCUT2D eigenvalue weighted by atomic mass is 15.1. The quantitative estimate of drug-likeness (QED) is 0.777. The van der Waals surface area contributed by atoms with Gasteiger partial charge in [0.25, 0.3) is 0 Å². The Morgan fingerprint density at radius 1 is 1.00 bits per heavy atom. The van der Waals surface area contributed by atoms with E-state index in [4.69, 9.17) is 5.41 Å². The first kappa shape index (κ1) is 15.3. The van der Waals surface area contributed by atoms with Crippen LogP contribution in [0, 0.1) is 5.41 Å². The Labute approximate surface area is 138 Å². The van der Waals surface area contributed by atoms with Crippen LogP contribution in [0.2, 0.25) is 0 Å². The summed E-state index contributed by atoms with van der Waals surface area (Å²) in [4.78, 5) is 2.12. The molecule has 1 aliphatic rings. The third-order valence-corrected chi connectivity index (χ3v) is 4.32. The summed E-state index contributed by atoms with van der Waals surface area (Å²) in [6, 6.07) is 14.7. The van der Waals surface area contributed by atoms with E-state index >= 15 is 0 Å². The minimum Gasteiger partial charge on any atom is -0.378 e. The van der Waals surface area contributed by atoms with Gasteiger partial charge in [0.05, 0.1) is 0 Å². The molecule has 0 radical (unpaired) electrons. The highest BCUT2D eigenvalue weighted by Gasteiger charge is 2.15. The SMILES string of the molecule is CC1=CCC(c2ccc(N(C)C)cc2-c2ccccc2C=N)=C1. The predicted octanol–water partition coefficient (Wildman–Crippen LogP) is 5.15. The van der Waals surface area contributed by atoms with Gasteiger partial charge >= 0.3 is 0 Å². The topological polar surface area (TPSA) is 27.1 Å². The highest BCUT2D eigenvalue weighted by molar-refractivity contribution is 5.94. The van der Waals surface area contributed by atoms with Crippen LogP contribution in [0.1, 0.15) is 24.5 Å². The average Bonchev–Trinajstić information content (AvgIpc) is 3.00. The van der Waals surface area contributed by atoms with Gasteiger partial charge in [-0.25, -0.2) is 0 Å². The number of rotatable bonds is 4. The zero-order valence-corrected chi connectivity index (χ0v) is 13.9. The van der Waals surface area contributed by atoms with Crippen molar-refractivity contribution in [2.45, 2.75) is 13.3 Å². The van der Waals surface area contributed by atoms with E-state index in [1.807, 2.05) is 18.2 Å². The molecule has 116 valence electrons. The monoisotopic (exact) mass is 302 g/mol. The Kier molecular flexibility index (Phi) is 4.16. The molecule has 2 aromatic rings. The van der Waals surface area contributed by atoms with Crippen molar-refractivity contribution in [3.8, 4) is 11.1 Å². The fraction of sp³-hybridized carbons (Fsp3) is 0.190. The highest BCUT2D eigenvalue weighted by Crippen LogP contribution is 2.37. The van der Waals surface area contributed by atoms with Crippen molar-refractivity contribution in [3.63, 3.8) is 0 Å². The first-order chi connectivity index (χ1) is 11.1. The molecule has 3 rings (SSSR count). The van der Waals surface area contributed by atoms with Crippen LogP contribution in [-0.2, 0) is 0 Å². The van der Waals surface area contributed by atoms with Gasteiger partial charge in [-0.15, -0.1) is 0 Å². The Morgan fingerprint density at radius 3 is 2.43 bits per heavy atom. The summed E-state index contributed by atoms with van der Waals surface area (Å²) in [6.07, 6.45) is 6.95. The lowest BCUT2D eigenvalue weighted by molar-refractivity contribution is 1.13. The average molecular weight is 302 g/mol.